The molecule has 1 aromatic heterocycles. The van der Waals surface area contributed by atoms with Crippen molar-refractivity contribution >= 4 is 23.5 Å². The van der Waals surface area contributed by atoms with Gasteiger partial charge in [-0.15, -0.1) is 11.8 Å². The number of nitrogens with zero attached hydrogens (tertiary/aromatic N) is 1. The van der Waals surface area contributed by atoms with E-state index in [0.29, 0.717) is 0 Å². The third-order valence-corrected chi connectivity index (χ3v) is 4.75. The predicted octanol–water partition coefficient (Wildman–Crippen LogP) is 3.57. The molecule has 2 N–H and O–H groups in total. The van der Waals surface area contributed by atoms with Crippen LogP contribution in [0.5, 0.6) is 0 Å². The predicted molar refractivity (Wildman–Crippen MR) is 85.5 cm³/mol. The molecule has 0 radical (unpaired) electrons. The van der Waals surface area contributed by atoms with Crippen molar-refractivity contribution in [3.05, 3.63) is 59.9 Å². The molecule has 2 rings (SSSR count). The molecule has 0 amide bonds. The molecule has 0 spiro atoms. The molecule has 100 valence electrons. The fourth-order valence-corrected chi connectivity index (χ4v) is 3.46. The maximum absolute atomic E-state index is 5.52. The molecule has 0 aliphatic heterocycles. The Morgan fingerprint density at radius 1 is 1.00 bits per heavy atom. The number of benzene rings is 1. The van der Waals surface area contributed by atoms with Gasteiger partial charge in [0.2, 0.25) is 0 Å². The first-order valence-corrected chi connectivity index (χ1v) is 8.42. The fraction of sp³-hybridized carbons (Fsp3) is 0.267. The van der Waals surface area contributed by atoms with Gasteiger partial charge in [-0.05, 0) is 17.7 Å². The van der Waals surface area contributed by atoms with Gasteiger partial charge in [-0.1, -0.05) is 30.3 Å². The van der Waals surface area contributed by atoms with Gasteiger partial charge < -0.3 is 5.73 Å². The highest BCUT2D eigenvalue weighted by Crippen LogP contribution is 2.27. The molecule has 0 unspecified atom stereocenters. The van der Waals surface area contributed by atoms with E-state index in [9.17, 15) is 0 Å². The molecule has 0 aliphatic rings. The van der Waals surface area contributed by atoms with Gasteiger partial charge in [0.15, 0.2) is 0 Å². The van der Waals surface area contributed by atoms with Gasteiger partial charge in [0.25, 0.3) is 0 Å². The van der Waals surface area contributed by atoms with Gasteiger partial charge in [-0.3, -0.25) is 4.98 Å². The van der Waals surface area contributed by atoms with Crippen molar-refractivity contribution in [1.29, 1.82) is 0 Å². The second-order valence-electron chi connectivity index (χ2n) is 4.06. The van der Waals surface area contributed by atoms with Crippen LogP contribution in [0.1, 0.15) is 11.3 Å². The van der Waals surface area contributed by atoms with E-state index in [1.807, 2.05) is 41.9 Å². The second-order valence-corrected chi connectivity index (χ2v) is 6.19. The number of hydrogen-bond acceptors (Lipinski definition) is 4. The van der Waals surface area contributed by atoms with Crippen LogP contribution in [0.4, 0.5) is 0 Å². The third kappa shape index (κ3) is 4.90. The average Bonchev–Trinajstić information content (AvgIpc) is 2.48. The molecule has 2 nitrogen and oxygen atoms in total. The van der Waals surface area contributed by atoms with Crippen molar-refractivity contribution in [2.75, 3.05) is 12.3 Å². The second kappa shape index (κ2) is 8.25. The molecular weight excluding hydrogens is 272 g/mol. The highest BCUT2D eigenvalue weighted by molar-refractivity contribution is 7.99. The molecule has 0 fully saturated rings. The molecule has 2 aromatic rings. The number of thioether (sulfide) groups is 2. The summed E-state index contributed by atoms with van der Waals surface area (Å²) in [5.74, 6) is 2.91. The van der Waals surface area contributed by atoms with Crippen molar-refractivity contribution in [1.82, 2.24) is 4.98 Å². The lowest BCUT2D eigenvalue weighted by atomic mass is 10.2. The Kier molecular flexibility index (Phi) is 6.27. The summed E-state index contributed by atoms with van der Waals surface area (Å²) in [6.45, 7) is 0.726. The SMILES string of the molecule is NCCSCc1ncccc1SCc1ccccc1. The summed E-state index contributed by atoms with van der Waals surface area (Å²) < 4.78 is 0. The van der Waals surface area contributed by atoms with Gasteiger partial charge >= 0.3 is 0 Å². The molecule has 0 atom stereocenters. The maximum Gasteiger partial charge on any atom is 0.0638 e. The fourth-order valence-electron chi connectivity index (χ4n) is 1.65. The van der Waals surface area contributed by atoms with Crippen molar-refractivity contribution < 1.29 is 0 Å². The van der Waals surface area contributed by atoms with Crippen LogP contribution in [0.3, 0.4) is 0 Å². The van der Waals surface area contributed by atoms with Crippen LogP contribution in [0.15, 0.2) is 53.6 Å². The number of aromatic nitrogens is 1. The molecule has 19 heavy (non-hydrogen) atoms. The van der Waals surface area contributed by atoms with E-state index in [0.717, 1.165) is 23.8 Å². The smallest absolute Gasteiger partial charge is 0.0638 e. The normalized spacial score (nSPS) is 10.6. The molecule has 0 saturated heterocycles. The summed E-state index contributed by atoms with van der Waals surface area (Å²) in [4.78, 5) is 5.75. The van der Waals surface area contributed by atoms with Crippen LogP contribution in [-0.2, 0) is 11.5 Å². The molecular formula is C15H18N2S2. The van der Waals surface area contributed by atoms with Gasteiger partial charge in [-0.2, -0.15) is 11.8 Å². The summed E-state index contributed by atoms with van der Waals surface area (Å²) >= 11 is 3.69. The van der Waals surface area contributed by atoms with Crippen LogP contribution in [0.2, 0.25) is 0 Å². The Morgan fingerprint density at radius 3 is 2.63 bits per heavy atom. The number of hydrogen-bond donors (Lipinski definition) is 1. The monoisotopic (exact) mass is 290 g/mol. The summed E-state index contributed by atoms with van der Waals surface area (Å²) in [6.07, 6.45) is 1.87. The van der Waals surface area contributed by atoms with E-state index < -0.39 is 0 Å². The first-order valence-electron chi connectivity index (χ1n) is 6.28. The van der Waals surface area contributed by atoms with Crippen molar-refractivity contribution in [2.24, 2.45) is 5.73 Å². The summed E-state index contributed by atoms with van der Waals surface area (Å²) in [7, 11) is 0. The number of rotatable bonds is 7. The highest BCUT2D eigenvalue weighted by atomic mass is 32.2. The Morgan fingerprint density at radius 2 is 1.84 bits per heavy atom. The van der Waals surface area contributed by atoms with Crippen LogP contribution < -0.4 is 5.73 Å². The van der Waals surface area contributed by atoms with E-state index in [4.69, 9.17) is 5.73 Å². The van der Waals surface area contributed by atoms with Crippen molar-refractivity contribution in [3.8, 4) is 0 Å². The van der Waals surface area contributed by atoms with Crippen LogP contribution in [0.25, 0.3) is 0 Å². The lowest BCUT2D eigenvalue weighted by Crippen LogP contribution is -2.02. The molecule has 1 aromatic carbocycles. The maximum atomic E-state index is 5.52. The first-order chi connectivity index (χ1) is 9.40. The zero-order valence-corrected chi connectivity index (χ0v) is 12.4. The lowest BCUT2D eigenvalue weighted by molar-refractivity contribution is 1.08. The van der Waals surface area contributed by atoms with Crippen molar-refractivity contribution in [2.45, 2.75) is 16.4 Å². The quantitative estimate of drug-likeness (QED) is 0.625. The highest BCUT2D eigenvalue weighted by Gasteiger charge is 2.04. The molecule has 1 heterocycles. The van der Waals surface area contributed by atoms with Crippen LogP contribution in [-0.4, -0.2) is 17.3 Å². The molecule has 4 heteroatoms. The van der Waals surface area contributed by atoms with E-state index >= 15 is 0 Å². The molecule has 0 saturated carbocycles. The van der Waals surface area contributed by atoms with E-state index in [2.05, 4.69) is 35.3 Å². The Bertz CT molecular complexity index is 489. The zero-order valence-electron chi connectivity index (χ0n) is 10.8. The number of nitrogens with two attached hydrogens (primary N) is 1. The summed E-state index contributed by atoms with van der Waals surface area (Å²) in [5.41, 5.74) is 8.03. The Hall–Kier alpha value is -0.970. The third-order valence-electron chi connectivity index (χ3n) is 2.59. The van der Waals surface area contributed by atoms with Gasteiger partial charge in [0.05, 0.1) is 5.69 Å². The summed E-state index contributed by atoms with van der Waals surface area (Å²) in [6, 6.07) is 14.7. The van der Waals surface area contributed by atoms with Crippen LogP contribution >= 0.6 is 23.5 Å². The average molecular weight is 290 g/mol. The van der Waals surface area contributed by atoms with E-state index in [1.165, 1.54) is 16.2 Å². The Labute approximate surface area is 123 Å². The number of pyridine rings is 1. The lowest BCUT2D eigenvalue weighted by Gasteiger charge is -2.07. The first kappa shape index (κ1) is 14.4. The zero-order chi connectivity index (χ0) is 13.3. The van der Waals surface area contributed by atoms with E-state index in [1.54, 1.807) is 0 Å². The molecule has 0 aliphatic carbocycles. The Balaban J connectivity index is 1.95. The molecule has 0 bridgehead atoms. The van der Waals surface area contributed by atoms with Gasteiger partial charge in [0, 0.05) is 34.9 Å². The topological polar surface area (TPSA) is 38.9 Å². The standard InChI is InChI=1S/C15H18N2S2/c16-8-10-18-12-14-15(7-4-9-17-14)19-11-13-5-2-1-3-6-13/h1-7,9H,8,10-12,16H2. The minimum Gasteiger partial charge on any atom is -0.330 e. The van der Waals surface area contributed by atoms with E-state index in [-0.39, 0.29) is 0 Å². The van der Waals surface area contributed by atoms with Gasteiger partial charge in [-0.25, -0.2) is 0 Å². The summed E-state index contributed by atoms with van der Waals surface area (Å²) in [5, 5.41) is 0. The largest absolute Gasteiger partial charge is 0.330 e. The minimum absolute atomic E-state index is 0.726. The van der Waals surface area contributed by atoms with Crippen molar-refractivity contribution in [3.63, 3.8) is 0 Å². The van der Waals surface area contributed by atoms with Gasteiger partial charge in [0.1, 0.15) is 0 Å². The van der Waals surface area contributed by atoms with Crippen LogP contribution in [0, 0.1) is 0 Å². The minimum atomic E-state index is 0.726.